The lowest BCUT2D eigenvalue weighted by Crippen LogP contribution is -2.59. The fourth-order valence-electron chi connectivity index (χ4n) is 2.33. The summed E-state index contributed by atoms with van der Waals surface area (Å²) in [6.07, 6.45) is -1.60. The van der Waals surface area contributed by atoms with Gasteiger partial charge in [0.15, 0.2) is 0 Å². The highest BCUT2D eigenvalue weighted by molar-refractivity contribution is 5.94. The second-order valence-corrected chi connectivity index (χ2v) is 7.01. The van der Waals surface area contributed by atoms with E-state index in [-0.39, 0.29) is 6.42 Å². The summed E-state index contributed by atoms with van der Waals surface area (Å²) in [5.74, 6) is -7.53. The minimum atomic E-state index is -1.55. The number of nitrogens with one attached hydrogen (secondary N) is 3. The Bertz CT molecular complexity index is 696. The minimum absolute atomic E-state index is 0.383. The number of aliphatic hydroxyl groups is 1. The molecule has 4 atom stereocenters. The fraction of sp³-hybridized carbons (Fsp3) is 0.647. The van der Waals surface area contributed by atoms with E-state index in [1.165, 1.54) is 13.8 Å². The zero-order chi connectivity index (χ0) is 24.3. The highest BCUT2D eigenvalue weighted by Gasteiger charge is 2.32. The van der Waals surface area contributed by atoms with Gasteiger partial charge in [0, 0.05) is 6.42 Å². The second kappa shape index (κ2) is 13.1. The third-order valence-electron chi connectivity index (χ3n) is 4.06. The van der Waals surface area contributed by atoms with Crippen molar-refractivity contribution in [2.75, 3.05) is 6.61 Å². The van der Waals surface area contributed by atoms with Gasteiger partial charge in [-0.1, -0.05) is 13.8 Å². The normalized spacial score (nSPS) is 14.6. The molecule has 176 valence electrons. The van der Waals surface area contributed by atoms with E-state index in [4.69, 9.17) is 21.1 Å². The van der Waals surface area contributed by atoms with E-state index in [1.807, 2.05) is 0 Å². The molecular weight excluding hydrogens is 420 g/mol. The quantitative estimate of drug-likeness (QED) is 0.132. The molecule has 0 aromatic heterocycles. The first-order chi connectivity index (χ1) is 14.3. The number of amides is 3. The summed E-state index contributed by atoms with van der Waals surface area (Å²) in [6.45, 7) is 2.18. The highest BCUT2D eigenvalue weighted by atomic mass is 16.4. The standard InChI is InChI=1S/C17H28N4O10/c1-7(2)13(16(29)19-9(17(30)31)3-4-11(23)24)21-15(28)10(6-22)20-14(27)8(18)5-12(25)26/h7-10,13,22H,3-6,18H2,1-2H3,(H,19,29)(H,20,27)(H,21,28)(H,23,24)(H,25,26)(H,30,31). The number of rotatable bonds is 14. The van der Waals surface area contributed by atoms with E-state index in [9.17, 15) is 33.9 Å². The molecule has 14 heteroatoms. The van der Waals surface area contributed by atoms with Crippen molar-refractivity contribution in [1.29, 1.82) is 0 Å². The maximum absolute atomic E-state index is 12.5. The molecule has 0 aromatic carbocycles. The summed E-state index contributed by atoms with van der Waals surface area (Å²) in [7, 11) is 0. The van der Waals surface area contributed by atoms with Gasteiger partial charge < -0.3 is 42.1 Å². The number of carbonyl (C=O) groups is 6. The van der Waals surface area contributed by atoms with Crippen LogP contribution in [0.3, 0.4) is 0 Å². The summed E-state index contributed by atoms with van der Waals surface area (Å²) in [6, 6.07) is -5.82. The van der Waals surface area contributed by atoms with Gasteiger partial charge in [0.25, 0.3) is 0 Å². The summed E-state index contributed by atoms with van der Waals surface area (Å²) in [4.78, 5) is 69.2. The molecule has 0 rings (SSSR count). The van der Waals surface area contributed by atoms with Crippen LogP contribution in [0.4, 0.5) is 0 Å². The molecule has 3 amide bonds. The topological polar surface area (TPSA) is 245 Å². The summed E-state index contributed by atoms with van der Waals surface area (Å²) in [5, 5.41) is 42.3. The molecule has 0 aromatic rings. The van der Waals surface area contributed by atoms with E-state index >= 15 is 0 Å². The van der Waals surface area contributed by atoms with Gasteiger partial charge in [0.05, 0.1) is 19.1 Å². The summed E-state index contributed by atoms with van der Waals surface area (Å²) < 4.78 is 0. The van der Waals surface area contributed by atoms with Crippen molar-refractivity contribution in [1.82, 2.24) is 16.0 Å². The van der Waals surface area contributed by atoms with Crippen molar-refractivity contribution in [3.8, 4) is 0 Å². The first-order valence-electron chi connectivity index (χ1n) is 9.24. The molecule has 0 aliphatic carbocycles. The molecule has 0 saturated heterocycles. The van der Waals surface area contributed by atoms with Crippen molar-refractivity contribution in [2.24, 2.45) is 11.7 Å². The molecule has 0 heterocycles. The SMILES string of the molecule is CC(C)C(NC(=O)C(CO)NC(=O)C(N)CC(=O)O)C(=O)NC(CCC(=O)O)C(=O)O. The van der Waals surface area contributed by atoms with Crippen molar-refractivity contribution >= 4 is 35.6 Å². The molecule has 0 fully saturated rings. The molecule has 14 nitrogen and oxygen atoms in total. The van der Waals surface area contributed by atoms with Gasteiger partial charge in [0.2, 0.25) is 17.7 Å². The van der Waals surface area contributed by atoms with Gasteiger partial charge in [-0.15, -0.1) is 0 Å². The molecule has 0 aliphatic heterocycles. The van der Waals surface area contributed by atoms with Crippen LogP contribution in [-0.2, 0) is 28.8 Å². The third kappa shape index (κ3) is 10.4. The zero-order valence-corrected chi connectivity index (χ0v) is 17.0. The second-order valence-electron chi connectivity index (χ2n) is 7.01. The van der Waals surface area contributed by atoms with Gasteiger partial charge >= 0.3 is 17.9 Å². The van der Waals surface area contributed by atoms with E-state index in [0.717, 1.165) is 0 Å². The molecular formula is C17H28N4O10. The Morgan fingerprint density at radius 2 is 1.35 bits per heavy atom. The summed E-state index contributed by atoms with van der Waals surface area (Å²) in [5.41, 5.74) is 5.38. The maximum atomic E-state index is 12.5. The van der Waals surface area contributed by atoms with Crippen LogP contribution in [0.25, 0.3) is 0 Å². The average molecular weight is 448 g/mol. The van der Waals surface area contributed by atoms with E-state index in [0.29, 0.717) is 0 Å². The van der Waals surface area contributed by atoms with E-state index in [1.54, 1.807) is 0 Å². The van der Waals surface area contributed by atoms with Crippen molar-refractivity contribution in [3.05, 3.63) is 0 Å². The Labute approximate surface area is 177 Å². The molecule has 31 heavy (non-hydrogen) atoms. The van der Waals surface area contributed by atoms with Crippen LogP contribution in [0.15, 0.2) is 0 Å². The van der Waals surface area contributed by atoms with Gasteiger partial charge in [-0.2, -0.15) is 0 Å². The number of hydrogen-bond donors (Lipinski definition) is 8. The molecule has 0 radical (unpaired) electrons. The largest absolute Gasteiger partial charge is 0.481 e. The molecule has 9 N–H and O–H groups in total. The van der Waals surface area contributed by atoms with E-state index in [2.05, 4.69) is 16.0 Å². The average Bonchev–Trinajstić information content (AvgIpc) is 2.65. The Morgan fingerprint density at radius 1 is 0.806 bits per heavy atom. The van der Waals surface area contributed by atoms with Gasteiger partial charge in [-0.25, -0.2) is 4.79 Å². The van der Waals surface area contributed by atoms with Gasteiger partial charge in [0.1, 0.15) is 18.1 Å². The molecule has 4 unspecified atom stereocenters. The van der Waals surface area contributed by atoms with Crippen LogP contribution in [0.2, 0.25) is 0 Å². The van der Waals surface area contributed by atoms with Gasteiger partial charge in [-0.05, 0) is 12.3 Å². The van der Waals surface area contributed by atoms with Crippen LogP contribution < -0.4 is 21.7 Å². The minimum Gasteiger partial charge on any atom is -0.481 e. The Morgan fingerprint density at radius 3 is 1.77 bits per heavy atom. The Hall–Kier alpha value is -3.26. The first kappa shape index (κ1) is 27.7. The lowest BCUT2D eigenvalue weighted by atomic mass is 10.0. The van der Waals surface area contributed by atoms with Gasteiger partial charge in [-0.3, -0.25) is 24.0 Å². The molecule has 0 saturated carbocycles. The lowest BCUT2D eigenvalue weighted by Gasteiger charge is -2.26. The fourth-order valence-corrected chi connectivity index (χ4v) is 2.33. The number of carbonyl (C=O) groups excluding carboxylic acids is 3. The number of aliphatic carboxylic acids is 3. The maximum Gasteiger partial charge on any atom is 0.326 e. The predicted octanol–water partition coefficient (Wildman–Crippen LogP) is -3.16. The molecule has 0 spiro atoms. The number of hydrogen-bond acceptors (Lipinski definition) is 8. The van der Waals surface area contributed by atoms with Crippen molar-refractivity contribution in [3.63, 3.8) is 0 Å². The zero-order valence-electron chi connectivity index (χ0n) is 17.0. The molecule has 0 bridgehead atoms. The Kier molecular flexibility index (Phi) is 11.7. The van der Waals surface area contributed by atoms with E-state index < -0.39 is 85.2 Å². The third-order valence-corrected chi connectivity index (χ3v) is 4.06. The van der Waals surface area contributed by atoms with Crippen LogP contribution in [-0.4, -0.2) is 86.8 Å². The molecule has 0 aliphatic rings. The number of carboxylic acid groups (broad SMARTS) is 3. The lowest BCUT2D eigenvalue weighted by molar-refractivity contribution is -0.143. The van der Waals surface area contributed by atoms with Crippen LogP contribution in [0.5, 0.6) is 0 Å². The first-order valence-corrected chi connectivity index (χ1v) is 9.24. The smallest absolute Gasteiger partial charge is 0.326 e. The number of aliphatic hydroxyl groups excluding tert-OH is 1. The number of nitrogens with two attached hydrogens (primary N) is 1. The van der Waals surface area contributed by atoms with Crippen molar-refractivity contribution < 1.29 is 49.2 Å². The Balaban J connectivity index is 5.19. The highest BCUT2D eigenvalue weighted by Crippen LogP contribution is 2.06. The predicted molar refractivity (Wildman–Crippen MR) is 102 cm³/mol. The number of carboxylic acids is 3. The monoisotopic (exact) mass is 448 g/mol. The van der Waals surface area contributed by atoms with Crippen LogP contribution in [0.1, 0.15) is 33.1 Å². The van der Waals surface area contributed by atoms with Crippen molar-refractivity contribution in [2.45, 2.75) is 57.3 Å². The summed E-state index contributed by atoms with van der Waals surface area (Å²) >= 11 is 0. The van der Waals surface area contributed by atoms with Crippen LogP contribution >= 0.6 is 0 Å². The van der Waals surface area contributed by atoms with Crippen LogP contribution in [0, 0.1) is 5.92 Å².